The van der Waals surface area contributed by atoms with E-state index in [0.29, 0.717) is 30.4 Å². The fraction of sp³-hybridized carbons (Fsp3) is 0.560. The predicted molar refractivity (Wildman–Crippen MR) is 128 cm³/mol. The number of aromatic nitrogens is 1. The maximum Gasteiger partial charge on any atom is 0.341 e. The second-order valence-electron chi connectivity index (χ2n) is 9.26. The average molecular weight is 474 g/mol. The molecule has 2 aromatic rings. The monoisotopic (exact) mass is 473 g/mol. The van der Waals surface area contributed by atoms with Gasteiger partial charge in [0.2, 0.25) is 10.0 Å². The van der Waals surface area contributed by atoms with E-state index in [0.717, 1.165) is 38.9 Å². The lowest BCUT2D eigenvalue weighted by Crippen LogP contribution is -2.42. The normalized spacial score (nSPS) is 18.3. The first kappa shape index (κ1) is 24.0. The molecule has 1 aromatic carbocycles. The van der Waals surface area contributed by atoms with Gasteiger partial charge in [0, 0.05) is 51.2 Å². The Balaban J connectivity index is 1.45. The number of carbonyl (C=O) groups excluding carboxylic acids is 1. The number of fused-ring (bicyclic) bond motifs is 1. The smallest absolute Gasteiger partial charge is 0.341 e. The number of ether oxygens (including phenoxy) is 1. The number of carbonyl (C=O) groups is 1. The largest absolute Gasteiger partial charge is 0.462 e. The molecule has 7 nitrogen and oxygen atoms in total. The first-order valence-electron chi connectivity index (χ1n) is 11.9. The molecule has 0 spiro atoms. The Hall–Kier alpha value is -2.16. The Labute approximate surface area is 197 Å². The van der Waals surface area contributed by atoms with Crippen molar-refractivity contribution in [1.29, 1.82) is 0 Å². The van der Waals surface area contributed by atoms with Gasteiger partial charge in [-0.05, 0) is 57.1 Å². The van der Waals surface area contributed by atoms with E-state index in [2.05, 4.69) is 29.2 Å². The zero-order valence-corrected chi connectivity index (χ0v) is 21.0. The topological polar surface area (TPSA) is 71.8 Å². The summed E-state index contributed by atoms with van der Waals surface area (Å²) in [4.78, 5) is 15.2. The van der Waals surface area contributed by atoms with E-state index >= 15 is 0 Å². The molecule has 0 radical (unpaired) electrons. The van der Waals surface area contributed by atoms with Crippen molar-refractivity contribution in [2.75, 3.05) is 32.8 Å². The zero-order valence-electron chi connectivity index (χ0n) is 20.1. The molecule has 0 bridgehead atoms. The van der Waals surface area contributed by atoms with Gasteiger partial charge in [0.1, 0.15) is 10.5 Å². The average Bonchev–Trinajstić information content (AvgIpc) is 3.04. The highest BCUT2D eigenvalue weighted by Crippen LogP contribution is 2.32. The van der Waals surface area contributed by atoms with Crippen molar-refractivity contribution in [1.82, 2.24) is 13.8 Å². The van der Waals surface area contributed by atoms with Crippen LogP contribution < -0.4 is 0 Å². The molecule has 0 unspecified atom stereocenters. The minimum Gasteiger partial charge on any atom is -0.462 e. The summed E-state index contributed by atoms with van der Waals surface area (Å²) in [5.74, 6) is -0.0950. The lowest BCUT2D eigenvalue weighted by molar-refractivity contribution is 0.0521. The first-order valence-corrected chi connectivity index (χ1v) is 13.3. The maximum absolute atomic E-state index is 13.6. The minimum atomic E-state index is -3.79. The Kier molecular flexibility index (Phi) is 6.98. The minimum absolute atomic E-state index is 0.104. The molecular weight excluding hydrogens is 438 g/mol. The van der Waals surface area contributed by atoms with Gasteiger partial charge in [-0.25, -0.2) is 13.2 Å². The van der Waals surface area contributed by atoms with Crippen molar-refractivity contribution in [2.24, 2.45) is 13.0 Å². The van der Waals surface area contributed by atoms with Crippen LogP contribution in [-0.4, -0.2) is 60.9 Å². The Morgan fingerprint density at radius 2 is 1.73 bits per heavy atom. The maximum atomic E-state index is 13.6. The van der Waals surface area contributed by atoms with Crippen LogP contribution in [-0.2, 0) is 34.8 Å². The summed E-state index contributed by atoms with van der Waals surface area (Å²) in [6.45, 7) is 9.44. The van der Waals surface area contributed by atoms with Gasteiger partial charge in [-0.2, -0.15) is 4.31 Å². The fourth-order valence-electron chi connectivity index (χ4n) is 5.21. The fourth-order valence-corrected chi connectivity index (χ4v) is 7.16. The molecule has 0 atom stereocenters. The lowest BCUT2D eigenvalue weighted by atomic mass is 9.94. The molecule has 1 fully saturated rings. The highest BCUT2D eigenvalue weighted by molar-refractivity contribution is 7.89. The second kappa shape index (κ2) is 9.60. The van der Waals surface area contributed by atoms with E-state index in [9.17, 15) is 13.2 Å². The quantitative estimate of drug-likeness (QED) is 0.602. The first-order chi connectivity index (χ1) is 15.7. The number of hydrogen-bond acceptors (Lipinski definition) is 5. The summed E-state index contributed by atoms with van der Waals surface area (Å²) in [5, 5.41) is 0. The van der Waals surface area contributed by atoms with Crippen LogP contribution in [0.25, 0.3) is 0 Å². The number of sulfonamides is 1. The van der Waals surface area contributed by atoms with Gasteiger partial charge in [-0.1, -0.05) is 24.3 Å². The Morgan fingerprint density at radius 3 is 2.39 bits per heavy atom. The number of nitrogens with zero attached hydrogens (tertiary/aromatic N) is 3. The summed E-state index contributed by atoms with van der Waals surface area (Å²) in [5.41, 5.74) is 4.21. The third-order valence-corrected chi connectivity index (χ3v) is 9.36. The molecule has 180 valence electrons. The van der Waals surface area contributed by atoms with Crippen LogP contribution in [0.3, 0.4) is 0 Å². The molecule has 0 saturated carbocycles. The van der Waals surface area contributed by atoms with Crippen LogP contribution in [0, 0.1) is 19.8 Å². The highest BCUT2D eigenvalue weighted by atomic mass is 32.2. The summed E-state index contributed by atoms with van der Waals surface area (Å²) in [7, 11) is -2.00. The molecule has 4 rings (SSSR count). The molecule has 0 amide bonds. The van der Waals surface area contributed by atoms with Crippen molar-refractivity contribution >= 4 is 16.0 Å². The Morgan fingerprint density at radius 1 is 1.06 bits per heavy atom. The van der Waals surface area contributed by atoms with E-state index in [1.54, 1.807) is 36.7 Å². The molecule has 2 aliphatic rings. The van der Waals surface area contributed by atoms with Gasteiger partial charge in [0.25, 0.3) is 0 Å². The molecule has 1 saturated heterocycles. The van der Waals surface area contributed by atoms with Gasteiger partial charge in [-0.15, -0.1) is 0 Å². The number of piperidine rings is 1. The van der Waals surface area contributed by atoms with Crippen molar-refractivity contribution in [3.63, 3.8) is 0 Å². The van der Waals surface area contributed by atoms with Crippen molar-refractivity contribution in [3.05, 3.63) is 52.3 Å². The third kappa shape index (κ3) is 4.61. The van der Waals surface area contributed by atoms with Crippen molar-refractivity contribution in [2.45, 2.75) is 51.5 Å². The van der Waals surface area contributed by atoms with Crippen LogP contribution in [0.4, 0.5) is 0 Å². The van der Waals surface area contributed by atoms with Crippen LogP contribution in [0.15, 0.2) is 29.2 Å². The zero-order chi connectivity index (χ0) is 23.8. The molecule has 0 aliphatic carbocycles. The standard InChI is InChI=1S/C25H35N3O4S/c1-5-32-25(29)23-18(2)26(4)19(3)24(23)33(30,31)28-14-10-20(11-15-28)16-27-13-12-21-8-6-7-9-22(21)17-27/h6-9,20H,5,10-17H2,1-4H3. The van der Waals surface area contributed by atoms with Crippen molar-refractivity contribution in [3.8, 4) is 0 Å². The molecule has 2 aliphatic heterocycles. The molecule has 1 aromatic heterocycles. The van der Waals surface area contributed by atoms with Gasteiger partial charge in [0.15, 0.2) is 0 Å². The lowest BCUT2D eigenvalue weighted by Gasteiger charge is -2.36. The predicted octanol–water partition coefficient (Wildman–Crippen LogP) is 3.28. The molecule has 8 heteroatoms. The summed E-state index contributed by atoms with van der Waals surface area (Å²) in [6, 6.07) is 8.63. The molecule has 33 heavy (non-hydrogen) atoms. The number of benzene rings is 1. The van der Waals surface area contributed by atoms with E-state index in [4.69, 9.17) is 4.74 Å². The van der Waals surface area contributed by atoms with Gasteiger partial charge in [-0.3, -0.25) is 4.90 Å². The summed E-state index contributed by atoms with van der Waals surface area (Å²) in [6.07, 6.45) is 2.74. The second-order valence-corrected chi connectivity index (χ2v) is 11.1. The highest BCUT2D eigenvalue weighted by Gasteiger charge is 2.37. The number of esters is 1. The number of hydrogen-bond donors (Lipinski definition) is 0. The van der Waals surface area contributed by atoms with Gasteiger partial charge < -0.3 is 9.30 Å². The van der Waals surface area contributed by atoms with Crippen LogP contribution in [0.5, 0.6) is 0 Å². The van der Waals surface area contributed by atoms with E-state index in [1.165, 1.54) is 11.1 Å². The summed E-state index contributed by atoms with van der Waals surface area (Å²) >= 11 is 0. The molecule has 0 N–H and O–H groups in total. The van der Waals surface area contributed by atoms with Crippen molar-refractivity contribution < 1.29 is 17.9 Å². The van der Waals surface area contributed by atoms with E-state index < -0.39 is 16.0 Å². The van der Waals surface area contributed by atoms with Crippen LogP contribution >= 0.6 is 0 Å². The molecular formula is C25H35N3O4S. The van der Waals surface area contributed by atoms with Crippen LogP contribution in [0.2, 0.25) is 0 Å². The molecule has 3 heterocycles. The third-order valence-electron chi connectivity index (χ3n) is 7.30. The SMILES string of the molecule is CCOC(=O)c1c(S(=O)(=O)N2CCC(CN3CCc4ccccc4C3)CC2)c(C)n(C)c1C. The van der Waals surface area contributed by atoms with E-state index in [-0.39, 0.29) is 17.1 Å². The van der Waals surface area contributed by atoms with Gasteiger partial charge >= 0.3 is 5.97 Å². The summed E-state index contributed by atoms with van der Waals surface area (Å²) < 4.78 is 35.8. The number of rotatable bonds is 6. The van der Waals surface area contributed by atoms with Gasteiger partial charge in [0.05, 0.1) is 6.61 Å². The Bertz CT molecular complexity index is 1130. The van der Waals surface area contributed by atoms with E-state index in [1.807, 2.05) is 0 Å². The van der Waals surface area contributed by atoms with Crippen LogP contribution in [0.1, 0.15) is 52.6 Å².